The molecule has 0 radical (unpaired) electrons. The van der Waals surface area contributed by atoms with E-state index in [0.717, 1.165) is 0 Å². The summed E-state index contributed by atoms with van der Waals surface area (Å²) in [5.41, 5.74) is 0.893. The van der Waals surface area contributed by atoms with E-state index in [1.807, 2.05) is 18.2 Å². The molecule has 0 unspecified atom stereocenters. The summed E-state index contributed by atoms with van der Waals surface area (Å²) in [6, 6.07) is 12.0. The molecule has 0 fully saturated rings. The molecule has 0 spiro atoms. The highest BCUT2D eigenvalue weighted by Crippen LogP contribution is 2.38. The molecule has 0 N–H and O–H groups in total. The van der Waals surface area contributed by atoms with Gasteiger partial charge in [0, 0.05) is 12.7 Å². The molecule has 1 amide bonds. The van der Waals surface area contributed by atoms with Crippen LogP contribution in [-0.4, -0.2) is 46.4 Å². The molecule has 0 aliphatic carbocycles. The van der Waals surface area contributed by atoms with Gasteiger partial charge in [-0.15, -0.1) is 0 Å². The fourth-order valence-corrected chi connectivity index (χ4v) is 2.53. The largest absolute Gasteiger partial charge is 0.493 e. The van der Waals surface area contributed by atoms with Crippen molar-refractivity contribution in [1.29, 1.82) is 0 Å². The summed E-state index contributed by atoms with van der Waals surface area (Å²) in [4.78, 5) is 26.5. The maximum absolute atomic E-state index is 12.5. The van der Waals surface area contributed by atoms with Crippen molar-refractivity contribution >= 4 is 17.6 Å². The molecule has 0 saturated heterocycles. The van der Waals surface area contributed by atoms with Crippen LogP contribution in [0.5, 0.6) is 17.2 Å². The maximum Gasteiger partial charge on any atom is 0.339 e. The number of hydrogen-bond acceptors (Lipinski definition) is 6. The van der Waals surface area contributed by atoms with Gasteiger partial charge < -0.3 is 23.8 Å². The average molecular weight is 373 g/mol. The first-order valence-electron chi connectivity index (χ1n) is 8.26. The fourth-order valence-electron chi connectivity index (χ4n) is 2.53. The Bertz CT molecular complexity index is 780. The Kier molecular flexibility index (Phi) is 6.65. The number of carbonyl (C=O) groups is 2. The second kappa shape index (κ2) is 8.93. The van der Waals surface area contributed by atoms with Gasteiger partial charge in [0.1, 0.15) is 0 Å². The van der Waals surface area contributed by atoms with Gasteiger partial charge in [-0.25, -0.2) is 4.79 Å². The van der Waals surface area contributed by atoms with Gasteiger partial charge in [-0.3, -0.25) is 4.79 Å². The molecule has 0 aliphatic heterocycles. The van der Waals surface area contributed by atoms with Crippen LogP contribution in [-0.2, 0) is 9.53 Å². The number of amides is 1. The first kappa shape index (κ1) is 20.1. The number of hydrogen-bond donors (Lipinski definition) is 0. The molecule has 0 aromatic heterocycles. The van der Waals surface area contributed by atoms with Crippen molar-refractivity contribution in [3.8, 4) is 17.2 Å². The van der Waals surface area contributed by atoms with E-state index < -0.39 is 12.1 Å². The van der Waals surface area contributed by atoms with Crippen molar-refractivity contribution in [2.75, 3.05) is 33.3 Å². The van der Waals surface area contributed by atoms with Crippen molar-refractivity contribution in [2.24, 2.45) is 0 Å². The molecule has 0 heterocycles. The smallest absolute Gasteiger partial charge is 0.339 e. The van der Waals surface area contributed by atoms with Crippen molar-refractivity contribution in [1.82, 2.24) is 0 Å². The van der Waals surface area contributed by atoms with Crippen LogP contribution in [0.25, 0.3) is 0 Å². The van der Waals surface area contributed by atoms with E-state index in [9.17, 15) is 9.59 Å². The number of anilines is 1. The summed E-state index contributed by atoms with van der Waals surface area (Å²) in [5, 5.41) is 0. The highest BCUT2D eigenvalue weighted by molar-refractivity contribution is 5.99. The maximum atomic E-state index is 12.5. The van der Waals surface area contributed by atoms with Gasteiger partial charge in [0.2, 0.25) is 5.75 Å². The third-order valence-corrected chi connectivity index (χ3v) is 4.01. The van der Waals surface area contributed by atoms with Crippen molar-refractivity contribution in [3.63, 3.8) is 0 Å². The van der Waals surface area contributed by atoms with E-state index in [2.05, 4.69) is 0 Å². The van der Waals surface area contributed by atoms with Gasteiger partial charge in [0.15, 0.2) is 17.6 Å². The number of para-hydroxylation sites is 1. The predicted molar refractivity (Wildman–Crippen MR) is 101 cm³/mol. The number of carbonyl (C=O) groups excluding carboxylic acids is 2. The number of rotatable bonds is 7. The van der Waals surface area contributed by atoms with Crippen LogP contribution in [0.3, 0.4) is 0 Å². The Labute approximate surface area is 158 Å². The Balaban J connectivity index is 2.17. The molecule has 27 heavy (non-hydrogen) atoms. The Morgan fingerprint density at radius 3 is 1.96 bits per heavy atom. The quantitative estimate of drug-likeness (QED) is 0.695. The van der Waals surface area contributed by atoms with Crippen LogP contribution in [0.2, 0.25) is 0 Å². The molecule has 2 aromatic carbocycles. The molecule has 7 nitrogen and oxygen atoms in total. The van der Waals surface area contributed by atoms with Gasteiger partial charge in [0.25, 0.3) is 5.91 Å². The third-order valence-electron chi connectivity index (χ3n) is 4.01. The molecule has 0 bridgehead atoms. The third kappa shape index (κ3) is 4.49. The molecule has 2 aromatic rings. The summed E-state index contributed by atoms with van der Waals surface area (Å²) >= 11 is 0. The standard InChI is InChI=1S/C20H23NO6/c1-13(19(22)21(2)15-9-7-6-8-10-15)27-20(23)14-11-16(24-3)18(26-5)17(12-14)25-4/h6-13H,1-5H3/t13-/m1/s1. The van der Waals surface area contributed by atoms with E-state index in [0.29, 0.717) is 22.9 Å². The van der Waals surface area contributed by atoms with Gasteiger partial charge in [-0.05, 0) is 31.2 Å². The zero-order valence-electron chi connectivity index (χ0n) is 16.0. The normalized spacial score (nSPS) is 11.3. The zero-order valence-corrected chi connectivity index (χ0v) is 16.0. The SMILES string of the molecule is COc1cc(C(=O)O[C@H](C)C(=O)N(C)c2ccccc2)cc(OC)c1OC. The number of ether oxygens (including phenoxy) is 4. The molecule has 0 aliphatic rings. The fraction of sp³-hybridized carbons (Fsp3) is 0.300. The van der Waals surface area contributed by atoms with E-state index >= 15 is 0 Å². The lowest BCUT2D eigenvalue weighted by Crippen LogP contribution is -2.37. The van der Waals surface area contributed by atoms with Crippen LogP contribution in [0.4, 0.5) is 5.69 Å². The van der Waals surface area contributed by atoms with Gasteiger partial charge in [-0.2, -0.15) is 0 Å². The Morgan fingerprint density at radius 1 is 0.926 bits per heavy atom. The van der Waals surface area contributed by atoms with E-state index in [4.69, 9.17) is 18.9 Å². The lowest BCUT2D eigenvalue weighted by molar-refractivity contribution is -0.126. The molecule has 1 atom stereocenters. The monoisotopic (exact) mass is 373 g/mol. The minimum Gasteiger partial charge on any atom is -0.493 e. The van der Waals surface area contributed by atoms with Crippen LogP contribution < -0.4 is 19.1 Å². The number of nitrogens with zero attached hydrogens (tertiary/aromatic N) is 1. The lowest BCUT2D eigenvalue weighted by Gasteiger charge is -2.22. The van der Waals surface area contributed by atoms with Crippen molar-refractivity contribution in [3.05, 3.63) is 48.0 Å². The lowest BCUT2D eigenvalue weighted by atomic mass is 10.1. The minimum absolute atomic E-state index is 0.187. The summed E-state index contributed by atoms with van der Waals surface area (Å²) in [5.74, 6) is -0.00333. The Morgan fingerprint density at radius 2 is 1.48 bits per heavy atom. The molecule has 0 saturated carbocycles. The van der Waals surface area contributed by atoms with Crippen LogP contribution >= 0.6 is 0 Å². The van der Waals surface area contributed by atoms with E-state index in [1.54, 1.807) is 19.2 Å². The second-order valence-electron chi connectivity index (χ2n) is 5.69. The summed E-state index contributed by atoms with van der Waals surface area (Å²) in [6.45, 7) is 1.53. The molecular formula is C20H23NO6. The number of esters is 1. The predicted octanol–water partition coefficient (Wildman–Crippen LogP) is 2.92. The average Bonchev–Trinajstić information content (AvgIpc) is 2.71. The van der Waals surface area contributed by atoms with Gasteiger partial charge in [0.05, 0.1) is 26.9 Å². The topological polar surface area (TPSA) is 74.3 Å². The van der Waals surface area contributed by atoms with Crippen molar-refractivity contribution in [2.45, 2.75) is 13.0 Å². The highest BCUT2D eigenvalue weighted by Gasteiger charge is 2.25. The van der Waals surface area contributed by atoms with Gasteiger partial charge >= 0.3 is 5.97 Å². The molecule has 144 valence electrons. The summed E-state index contributed by atoms with van der Waals surface area (Å²) in [6.07, 6.45) is -0.971. The minimum atomic E-state index is -0.971. The highest BCUT2D eigenvalue weighted by atomic mass is 16.6. The zero-order chi connectivity index (χ0) is 20.0. The molecular weight excluding hydrogens is 350 g/mol. The first-order chi connectivity index (χ1) is 12.9. The van der Waals surface area contributed by atoms with E-state index in [-0.39, 0.29) is 11.5 Å². The van der Waals surface area contributed by atoms with Crippen LogP contribution in [0.15, 0.2) is 42.5 Å². The van der Waals surface area contributed by atoms with E-state index in [1.165, 1.54) is 45.3 Å². The molecule has 2 rings (SSSR count). The van der Waals surface area contributed by atoms with Crippen LogP contribution in [0.1, 0.15) is 17.3 Å². The van der Waals surface area contributed by atoms with Gasteiger partial charge in [-0.1, -0.05) is 18.2 Å². The van der Waals surface area contributed by atoms with Crippen molar-refractivity contribution < 1.29 is 28.5 Å². The summed E-state index contributed by atoms with van der Waals surface area (Å²) < 4.78 is 21.0. The second-order valence-corrected chi connectivity index (χ2v) is 5.69. The first-order valence-corrected chi connectivity index (χ1v) is 8.26. The number of likely N-dealkylation sites (N-methyl/N-ethyl adjacent to an activating group) is 1. The molecule has 7 heteroatoms. The summed E-state index contributed by atoms with van der Waals surface area (Å²) in [7, 11) is 6.00. The number of benzene rings is 2. The van der Waals surface area contributed by atoms with Crippen LogP contribution in [0, 0.1) is 0 Å². The Hall–Kier alpha value is -3.22. The number of methoxy groups -OCH3 is 3.